The molecule has 0 spiro atoms. The highest BCUT2D eigenvalue weighted by molar-refractivity contribution is 5.81. The van der Waals surface area contributed by atoms with Crippen LogP contribution in [0.1, 0.15) is 33.4 Å². The van der Waals surface area contributed by atoms with Crippen molar-refractivity contribution in [3.63, 3.8) is 0 Å². The maximum atomic E-state index is 4.84. The number of nitrogens with zero attached hydrogens (tertiary/aromatic N) is 3. The Morgan fingerprint density at radius 3 is 2.86 bits per heavy atom. The van der Waals surface area contributed by atoms with Crippen LogP contribution in [0.2, 0.25) is 0 Å². The van der Waals surface area contributed by atoms with E-state index in [9.17, 15) is 0 Å². The lowest BCUT2D eigenvalue weighted by molar-refractivity contribution is 0.0967. The molecule has 0 saturated carbocycles. The maximum Gasteiger partial charge on any atom is 0.0843 e. The molecule has 0 amide bonds. The van der Waals surface area contributed by atoms with Crippen LogP contribution in [-0.4, -0.2) is 39.4 Å². The molecule has 1 aliphatic rings. The molecule has 1 N–H and O–H groups in total. The fourth-order valence-corrected chi connectivity index (χ4v) is 3.23. The van der Waals surface area contributed by atoms with Crippen LogP contribution in [-0.2, 0) is 13.1 Å². The molecule has 4 heteroatoms. The zero-order chi connectivity index (χ0) is 15.0. The van der Waals surface area contributed by atoms with Gasteiger partial charge in [-0.05, 0) is 33.8 Å². The highest BCUT2D eigenvalue weighted by atomic mass is 15.3. The Bertz CT molecular complexity index is 629. The summed E-state index contributed by atoms with van der Waals surface area (Å²) in [7, 11) is 0. The third kappa shape index (κ3) is 2.83. The zero-order valence-corrected chi connectivity index (χ0v) is 13.6. The minimum atomic E-state index is 0.176. The third-order valence-corrected chi connectivity index (χ3v) is 4.48. The molecule has 2 heterocycles. The van der Waals surface area contributed by atoms with E-state index < -0.39 is 0 Å². The van der Waals surface area contributed by atoms with Gasteiger partial charge in [0.05, 0.1) is 11.2 Å². The summed E-state index contributed by atoms with van der Waals surface area (Å²) in [5.41, 5.74) is 2.63. The standard InChI is InChI=1S/C17H26N4/c1-5-21-16-9-7-6-8-14(16)15(19-21)11-20-12-17(3,4)18-10-13(20)2/h6-9,13,18H,5,10-12H2,1-4H3. The van der Waals surface area contributed by atoms with Crippen molar-refractivity contribution in [3.8, 4) is 0 Å². The van der Waals surface area contributed by atoms with Gasteiger partial charge in [0.2, 0.25) is 0 Å². The molecule has 4 nitrogen and oxygen atoms in total. The third-order valence-electron chi connectivity index (χ3n) is 4.48. The van der Waals surface area contributed by atoms with Gasteiger partial charge < -0.3 is 5.32 Å². The summed E-state index contributed by atoms with van der Waals surface area (Å²) in [6.07, 6.45) is 0. The molecule has 1 atom stereocenters. The highest BCUT2D eigenvalue weighted by Crippen LogP contribution is 2.23. The smallest absolute Gasteiger partial charge is 0.0843 e. The first-order valence-electron chi connectivity index (χ1n) is 7.93. The second kappa shape index (κ2) is 5.43. The van der Waals surface area contributed by atoms with E-state index in [4.69, 9.17) is 5.10 Å². The minimum Gasteiger partial charge on any atom is -0.309 e. The van der Waals surface area contributed by atoms with E-state index in [-0.39, 0.29) is 5.54 Å². The van der Waals surface area contributed by atoms with Crippen molar-refractivity contribution >= 4 is 10.9 Å². The summed E-state index contributed by atoms with van der Waals surface area (Å²) in [5, 5.41) is 9.74. The molecule has 2 aromatic rings. The van der Waals surface area contributed by atoms with Crippen molar-refractivity contribution in [2.75, 3.05) is 13.1 Å². The number of benzene rings is 1. The molecule has 0 bridgehead atoms. The monoisotopic (exact) mass is 286 g/mol. The van der Waals surface area contributed by atoms with E-state index in [1.165, 1.54) is 16.6 Å². The number of aryl methyl sites for hydroxylation is 1. The number of nitrogens with one attached hydrogen (secondary N) is 1. The van der Waals surface area contributed by atoms with Gasteiger partial charge in [0.15, 0.2) is 0 Å². The van der Waals surface area contributed by atoms with Crippen LogP contribution in [0.4, 0.5) is 0 Å². The molecule has 0 radical (unpaired) electrons. The van der Waals surface area contributed by atoms with Crippen LogP contribution in [0.5, 0.6) is 0 Å². The Morgan fingerprint density at radius 2 is 2.10 bits per heavy atom. The summed E-state index contributed by atoms with van der Waals surface area (Å²) in [4.78, 5) is 2.55. The van der Waals surface area contributed by atoms with Crippen LogP contribution in [0.25, 0.3) is 10.9 Å². The molecule has 1 aromatic heterocycles. The lowest BCUT2D eigenvalue weighted by Crippen LogP contribution is -2.60. The van der Waals surface area contributed by atoms with Gasteiger partial charge in [-0.15, -0.1) is 0 Å². The molecular weight excluding hydrogens is 260 g/mol. The average Bonchev–Trinajstić information content (AvgIpc) is 2.81. The van der Waals surface area contributed by atoms with Crippen molar-refractivity contribution in [3.05, 3.63) is 30.0 Å². The van der Waals surface area contributed by atoms with E-state index in [0.717, 1.165) is 26.2 Å². The van der Waals surface area contributed by atoms with E-state index >= 15 is 0 Å². The SMILES string of the molecule is CCn1nc(CN2CC(C)(C)NCC2C)c2ccccc21. The van der Waals surface area contributed by atoms with Gasteiger partial charge in [0.1, 0.15) is 0 Å². The number of hydrogen-bond donors (Lipinski definition) is 1. The Balaban J connectivity index is 1.91. The summed E-state index contributed by atoms with van der Waals surface area (Å²) in [6.45, 7) is 12.9. The molecule has 1 aromatic carbocycles. The van der Waals surface area contributed by atoms with E-state index in [0.29, 0.717) is 6.04 Å². The van der Waals surface area contributed by atoms with E-state index in [1.54, 1.807) is 0 Å². The van der Waals surface area contributed by atoms with Crippen molar-refractivity contribution in [1.82, 2.24) is 20.0 Å². The van der Waals surface area contributed by atoms with Gasteiger partial charge in [0.25, 0.3) is 0 Å². The first kappa shape index (κ1) is 14.5. The lowest BCUT2D eigenvalue weighted by Gasteiger charge is -2.43. The number of piperazine rings is 1. The molecule has 1 unspecified atom stereocenters. The predicted octanol–water partition coefficient (Wildman–Crippen LogP) is 2.63. The molecule has 1 aliphatic heterocycles. The summed E-state index contributed by atoms with van der Waals surface area (Å²) >= 11 is 0. The van der Waals surface area contributed by atoms with Gasteiger partial charge in [-0.3, -0.25) is 9.58 Å². The average molecular weight is 286 g/mol. The van der Waals surface area contributed by atoms with Crippen molar-refractivity contribution < 1.29 is 0 Å². The second-order valence-corrected chi connectivity index (χ2v) is 6.80. The quantitative estimate of drug-likeness (QED) is 0.941. The number of aromatic nitrogens is 2. The zero-order valence-electron chi connectivity index (χ0n) is 13.6. The van der Waals surface area contributed by atoms with Crippen LogP contribution in [0, 0.1) is 0 Å². The molecule has 0 aliphatic carbocycles. The van der Waals surface area contributed by atoms with Crippen LogP contribution in [0.15, 0.2) is 24.3 Å². The van der Waals surface area contributed by atoms with Gasteiger partial charge in [-0.1, -0.05) is 18.2 Å². The molecule has 21 heavy (non-hydrogen) atoms. The number of para-hydroxylation sites is 1. The van der Waals surface area contributed by atoms with Crippen LogP contribution >= 0.6 is 0 Å². The van der Waals surface area contributed by atoms with E-state index in [1.807, 2.05) is 0 Å². The maximum absolute atomic E-state index is 4.84. The van der Waals surface area contributed by atoms with Crippen LogP contribution < -0.4 is 5.32 Å². The molecule has 3 rings (SSSR count). The molecule has 114 valence electrons. The number of hydrogen-bond acceptors (Lipinski definition) is 3. The minimum absolute atomic E-state index is 0.176. The summed E-state index contributed by atoms with van der Waals surface area (Å²) in [5.74, 6) is 0. The normalized spacial score (nSPS) is 22.8. The summed E-state index contributed by atoms with van der Waals surface area (Å²) in [6, 6.07) is 9.11. The van der Waals surface area contributed by atoms with Gasteiger partial charge >= 0.3 is 0 Å². The Labute approximate surface area is 127 Å². The van der Waals surface area contributed by atoms with Gasteiger partial charge in [-0.2, -0.15) is 5.10 Å². The first-order valence-corrected chi connectivity index (χ1v) is 7.93. The predicted molar refractivity (Wildman–Crippen MR) is 87.4 cm³/mol. The highest BCUT2D eigenvalue weighted by Gasteiger charge is 2.30. The fourth-order valence-electron chi connectivity index (χ4n) is 3.23. The van der Waals surface area contributed by atoms with Crippen molar-refractivity contribution in [2.45, 2.75) is 52.4 Å². The Kier molecular flexibility index (Phi) is 3.76. The number of rotatable bonds is 3. The molecular formula is C17H26N4. The van der Waals surface area contributed by atoms with Crippen molar-refractivity contribution in [2.24, 2.45) is 0 Å². The topological polar surface area (TPSA) is 33.1 Å². The van der Waals surface area contributed by atoms with E-state index in [2.05, 4.69) is 66.9 Å². The molecule has 1 fully saturated rings. The Morgan fingerprint density at radius 1 is 1.33 bits per heavy atom. The molecule has 1 saturated heterocycles. The first-order chi connectivity index (χ1) is 10.00. The summed E-state index contributed by atoms with van der Waals surface area (Å²) < 4.78 is 2.11. The Hall–Kier alpha value is -1.39. The van der Waals surface area contributed by atoms with Crippen LogP contribution in [0.3, 0.4) is 0 Å². The van der Waals surface area contributed by atoms with Gasteiger partial charge in [-0.25, -0.2) is 0 Å². The van der Waals surface area contributed by atoms with Gasteiger partial charge in [0, 0.05) is 43.1 Å². The lowest BCUT2D eigenvalue weighted by atomic mass is 9.99. The second-order valence-electron chi connectivity index (χ2n) is 6.80. The number of fused-ring (bicyclic) bond motifs is 1. The largest absolute Gasteiger partial charge is 0.309 e. The van der Waals surface area contributed by atoms with Crippen molar-refractivity contribution in [1.29, 1.82) is 0 Å². The fraction of sp³-hybridized carbons (Fsp3) is 0.588.